The highest BCUT2D eigenvalue weighted by Crippen LogP contribution is 2.43. The molecule has 4 heteroatoms. The summed E-state index contributed by atoms with van der Waals surface area (Å²) in [4.78, 5) is 0. The maximum atomic E-state index is 6.19. The lowest BCUT2D eigenvalue weighted by Gasteiger charge is -2.14. The third-order valence-electron chi connectivity index (χ3n) is 3.06. The van der Waals surface area contributed by atoms with Crippen LogP contribution in [0.15, 0.2) is 36.4 Å². The summed E-state index contributed by atoms with van der Waals surface area (Å²) in [5.74, 6) is 0.809. The molecule has 2 aromatic carbocycles. The van der Waals surface area contributed by atoms with Gasteiger partial charge in [-0.1, -0.05) is 46.9 Å². The number of rotatable bonds is 1. The summed E-state index contributed by atoms with van der Waals surface area (Å²) < 4.78 is 5.88. The van der Waals surface area contributed by atoms with Crippen molar-refractivity contribution in [2.24, 2.45) is 0 Å². The first-order valence-corrected chi connectivity index (χ1v) is 6.68. The Bertz CT molecular complexity index is 590. The van der Waals surface area contributed by atoms with Crippen molar-refractivity contribution in [3.63, 3.8) is 0 Å². The summed E-state index contributed by atoms with van der Waals surface area (Å²) >= 11 is 18.5. The molecule has 0 spiro atoms. The molecule has 0 bridgehead atoms. The van der Waals surface area contributed by atoms with Crippen molar-refractivity contribution in [1.29, 1.82) is 0 Å². The second-order valence-corrected chi connectivity index (χ2v) is 5.38. The van der Waals surface area contributed by atoms with E-state index >= 15 is 0 Å². The number of hydrogen-bond acceptors (Lipinski definition) is 1. The van der Waals surface area contributed by atoms with E-state index < -0.39 is 0 Å². The molecular weight excluding hydrogens is 291 g/mol. The lowest BCUT2D eigenvalue weighted by atomic mass is 10.0. The summed E-state index contributed by atoms with van der Waals surface area (Å²) in [6.07, 6.45) is 0.527. The smallest absolute Gasteiger partial charge is 0.131 e. The van der Waals surface area contributed by atoms with Crippen molar-refractivity contribution in [3.05, 3.63) is 62.6 Å². The molecule has 0 N–H and O–H groups in total. The van der Waals surface area contributed by atoms with Crippen LogP contribution in [0.25, 0.3) is 0 Å². The molecule has 0 amide bonds. The van der Waals surface area contributed by atoms with E-state index in [1.165, 1.54) is 0 Å². The van der Waals surface area contributed by atoms with Crippen LogP contribution < -0.4 is 4.74 Å². The van der Waals surface area contributed by atoms with E-state index in [4.69, 9.17) is 39.5 Å². The van der Waals surface area contributed by atoms with Gasteiger partial charge in [-0.15, -0.1) is 0 Å². The van der Waals surface area contributed by atoms with Crippen molar-refractivity contribution < 1.29 is 4.74 Å². The molecule has 2 aromatic rings. The maximum absolute atomic E-state index is 6.19. The average molecular weight is 300 g/mol. The molecule has 1 aliphatic rings. The van der Waals surface area contributed by atoms with Crippen LogP contribution in [-0.2, 0) is 6.42 Å². The van der Waals surface area contributed by atoms with Gasteiger partial charge in [-0.05, 0) is 24.3 Å². The monoisotopic (exact) mass is 298 g/mol. The highest BCUT2D eigenvalue weighted by molar-refractivity contribution is 6.36. The number of fused-ring (bicyclic) bond motifs is 1. The van der Waals surface area contributed by atoms with Crippen LogP contribution in [0.3, 0.4) is 0 Å². The van der Waals surface area contributed by atoms with E-state index in [0.717, 1.165) is 21.9 Å². The normalized spacial score (nSPS) is 17.4. The Morgan fingerprint density at radius 2 is 1.50 bits per heavy atom. The second-order valence-electron chi connectivity index (χ2n) is 4.16. The molecule has 1 nitrogen and oxygen atoms in total. The minimum atomic E-state index is -0.166. The van der Waals surface area contributed by atoms with Gasteiger partial charge in [0, 0.05) is 32.6 Å². The van der Waals surface area contributed by atoms with Gasteiger partial charge in [0.1, 0.15) is 11.9 Å². The average Bonchev–Trinajstić information content (AvgIpc) is 2.74. The van der Waals surface area contributed by atoms with Crippen molar-refractivity contribution in [2.45, 2.75) is 12.5 Å². The van der Waals surface area contributed by atoms with E-state index in [2.05, 4.69) is 0 Å². The highest BCUT2D eigenvalue weighted by atomic mass is 35.5. The van der Waals surface area contributed by atoms with Crippen LogP contribution in [-0.4, -0.2) is 0 Å². The Morgan fingerprint density at radius 3 is 2.17 bits per heavy atom. The van der Waals surface area contributed by atoms with Gasteiger partial charge in [0.05, 0.1) is 0 Å². The SMILES string of the molecule is Clc1cccc2c1CC(c1c(Cl)cccc1Cl)O2. The molecule has 1 atom stereocenters. The molecule has 1 aliphatic heterocycles. The predicted octanol–water partition coefficient (Wildman–Crippen LogP) is 5.32. The van der Waals surface area contributed by atoms with Gasteiger partial charge in [0.15, 0.2) is 0 Å². The molecule has 1 unspecified atom stereocenters. The summed E-state index contributed by atoms with van der Waals surface area (Å²) in [6, 6.07) is 11.1. The van der Waals surface area contributed by atoms with Crippen LogP contribution in [0.1, 0.15) is 17.2 Å². The molecule has 0 radical (unpaired) electrons. The minimum Gasteiger partial charge on any atom is -0.485 e. The van der Waals surface area contributed by atoms with Crippen LogP contribution in [0, 0.1) is 0 Å². The molecule has 0 aromatic heterocycles. The molecule has 1 heterocycles. The van der Waals surface area contributed by atoms with Crippen molar-refractivity contribution in [1.82, 2.24) is 0 Å². The largest absolute Gasteiger partial charge is 0.485 e. The van der Waals surface area contributed by atoms with Crippen LogP contribution in [0.5, 0.6) is 5.75 Å². The van der Waals surface area contributed by atoms with Gasteiger partial charge in [-0.25, -0.2) is 0 Å². The molecule has 0 saturated heterocycles. The summed E-state index contributed by atoms with van der Waals surface area (Å²) in [7, 11) is 0. The zero-order chi connectivity index (χ0) is 12.7. The fourth-order valence-corrected chi connectivity index (χ4v) is 3.09. The Hall–Kier alpha value is -0.890. The minimum absolute atomic E-state index is 0.166. The standard InChI is InChI=1S/C14H9Cl3O/c15-9-3-2-6-12-8(9)7-13(18-12)14-10(16)4-1-5-11(14)17/h1-6,13H,7H2. The number of benzene rings is 2. The molecule has 92 valence electrons. The van der Waals surface area contributed by atoms with Gasteiger partial charge in [-0.3, -0.25) is 0 Å². The number of hydrogen-bond donors (Lipinski definition) is 0. The van der Waals surface area contributed by atoms with E-state index in [-0.39, 0.29) is 6.10 Å². The van der Waals surface area contributed by atoms with E-state index in [1.54, 1.807) is 0 Å². The Balaban J connectivity index is 2.02. The zero-order valence-electron chi connectivity index (χ0n) is 9.29. The Labute approximate surface area is 120 Å². The maximum Gasteiger partial charge on any atom is 0.131 e. The van der Waals surface area contributed by atoms with Crippen molar-refractivity contribution in [2.75, 3.05) is 0 Å². The van der Waals surface area contributed by atoms with Crippen LogP contribution in [0.4, 0.5) is 0 Å². The van der Waals surface area contributed by atoms with Crippen LogP contribution >= 0.6 is 34.8 Å². The Morgan fingerprint density at radius 1 is 0.889 bits per heavy atom. The third kappa shape index (κ3) is 1.97. The predicted molar refractivity (Wildman–Crippen MR) is 75.0 cm³/mol. The second kappa shape index (κ2) is 4.65. The quantitative estimate of drug-likeness (QED) is 0.692. The van der Waals surface area contributed by atoms with Crippen molar-refractivity contribution in [3.8, 4) is 5.75 Å². The highest BCUT2D eigenvalue weighted by Gasteiger charge is 2.29. The lowest BCUT2D eigenvalue weighted by molar-refractivity contribution is 0.239. The zero-order valence-corrected chi connectivity index (χ0v) is 11.6. The number of ether oxygens (including phenoxy) is 1. The first kappa shape index (κ1) is 12.2. The van der Waals surface area contributed by atoms with Gasteiger partial charge in [-0.2, -0.15) is 0 Å². The molecule has 0 fully saturated rings. The molecule has 18 heavy (non-hydrogen) atoms. The fraction of sp³-hybridized carbons (Fsp3) is 0.143. The van der Waals surface area contributed by atoms with Gasteiger partial charge in [0.25, 0.3) is 0 Å². The molecule has 0 saturated carbocycles. The fourth-order valence-electron chi connectivity index (χ4n) is 2.21. The van der Waals surface area contributed by atoms with Gasteiger partial charge >= 0.3 is 0 Å². The lowest BCUT2D eigenvalue weighted by Crippen LogP contribution is -2.04. The van der Waals surface area contributed by atoms with Gasteiger partial charge in [0.2, 0.25) is 0 Å². The first-order valence-electron chi connectivity index (χ1n) is 5.55. The summed E-state index contributed by atoms with van der Waals surface area (Å²) in [5, 5.41) is 1.96. The van der Waals surface area contributed by atoms with Crippen LogP contribution in [0.2, 0.25) is 15.1 Å². The molecule has 3 rings (SSSR count). The Kier molecular flexibility index (Phi) is 3.14. The molecular formula is C14H9Cl3O. The van der Waals surface area contributed by atoms with Gasteiger partial charge < -0.3 is 4.74 Å². The van der Waals surface area contributed by atoms with E-state index in [0.29, 0.717) is 16.5 Å². The van der Waals surface area contributed by atoms with Crippen molar-refractivity contribution >= 4 is 34.8 Å². The summed E-state index contributed by atoms with van der Waals surface area (Å²) in [6.45, 7) is 0. The topological polar surface area (TPSA) is 9.23 Å². The first-order chi connectivity index (χ1) is 8.66. The third-order valence-corrected chi connectivity index (χ3v) is 4.07. The summed E-state index contributed by atoms with van der Waals surface area (Å²) in [5.41, 5.74) is 1.84. The van der Waals surface area contributed by atoms with E-state index in [1.807, 2.05) is 36.4 Å². The number of halogens is 3. The van der Waals surface area contributed by atoms with E-state index in [9.17, 15) is 0 Å². The molecule has 0 aliphatic carbocycles.